The van der Waals surface area contributed by atoms with Crippen LogP contribution in [0.1, 0.15) is 62.4 Å². The minimum atomic E-state index is -2.77. The van der Waals surface area contributed by atoms with E-state index in [4.69, 9.17) is 23.2 Å². The first-order chi connectivity index (χ1) is 20.0. The molecule has 0 aliphatic heterocycles. The molecule has 9 nitrogen and oxygen atoms in total. The third kappa shape index (κ3) is 7.99. The van der Waals surface area contributed by atoms with Crippen LogP contribution in [0.4, 0.5) is 35.0 Å². The Labute approximate surface area is 256 Å². The molecule has 0 spiro atoms. The van der Waals surface area contributed by atoms with Gasteiger partial charge >= 0.3 is 0 Å². The topological polar surface area (TPSA) is 115 Å². The van der Waals surface area contributed by atoms with Crippen molar-refractivity contribution in [3.63, 3.8) is 0 Å². The van der Waals surface area contributed by atoms with Gasteiger partial charge in [0.05, 0.1) is 27.8 Å². The summed E-state index contributed by atoms with van der Waals surface area (Å²) in [6.07, 6.45) is -3.22. The van der Waals surface area contributed by atoms with Gasteiger partial charge in [0, 0.05) is 37.9 Å². The number of hydrogen-bond donors (Lipinski definition) is 4. The molecule has 0 saturated heterocycles. The monoisotopic (exact) mass is 645 g/mol. The van der Waals surface area contributed by atoms with E-state index in [1.165, 1.54) is 13.1 Å². The molecule has 1 fully saturated rings. The van der Waals surface area contributed by atoms with Crippen molar-refractivity contribution in [1.29, 1.82) is 0 Å². The quantitative estimate of drug-likeness (QED) is 0.193. The zero-order valence-corrected chi connectivity index (χ0v) is 25.6. The van der Waals surface area contributed by atoms with Crippen molar-refractivity contribution in [2.75, 3.05) is 23.8 Å². The number of imidazole rings is 1. The van der Waals surface area contributed by atoms with Crippen molar-refractivity contribution < 1.29 is 27.2 Å². The molecule has 234 valence electrons. The van der Waals surface area contributed by atoms with Gasteiger partial charge in [-0.05, 0) is 30.5 Å². The zero-order chi connectivity index (χ0) is 31.7. The average molecular weight is 647 g/mol. The van der Waals surface area contributed by atoms with Gasteiger partial charge in [0.15, 0.2) is 5.65 Å². The molecule has 1 saturated carbocycles. The molecule has 15 heteroatoms. The molecule has 4 rings (SSSR count). The summed E-state index contributed by atoms with van der Waals surface area (Å²) in [7, 11) is 1.37. The van der Waals surface area contributed by atoms with Gasteiger partial charge in [0.2, 0.25) is 17.8 Å². The molecular formula is C28H33Cl2F4N7O2. The molecule has 2 heterocycles. The highest BCUT2D eigenvalue weighted by Crippen LogP contribution is 2.36. The number of benzene rings is 1. The van der Waals surface area contributed by atoms with E-state index in [-0.39, 0.29) is 76.7 Å². The van der Waals surface area contributed by atoms with Crippen LogP contribution in [0.3, 0.4) is 0 Å². The maximum absolute atomic E-state index is 13.6. The summed E-state index contributed by atoms with van der Waals surface area (Å²) in [6.45, 7) is 4.82. The van der Waals surface area contributed by atoms with Gasteiger partial charge in [0.1, 0.15) is 11.3 Å². The summed E-state index contributed by atoms with van der Waals surface area (Å²) in [5, 5.41) is 9.08. The molecule has 2 aromatic heterocycles. The number of halogens is 6. The van der Waals surface area contributed by atoms with Gasteiger partial charge in [-0.3, -0.25) is 9.59 Å². The fourth-order valence-electron chi connectivity index (χ4n) is 4.60. The van der Waals surface area contributed by atoms with Crippen LogP contribution in [0, 0.1) is 5.41 Å². The molecule has 0 bridgehead atoms. The van der Waals surface area contributed by atoms with E-state index in [9.17, 15) is 27.2 Å². The van der Waals surface area contributed by atoms with Crippen LogP contribution in [0.2, 0.25) is 10.0 Å². The summed E-state index contributed by atoms with van der Waals surface area (Å²) in [5.41, 5.74) is 0.692. The lowest BCUT2D eigenvalue weighted by molar-refractivity contribution is -0.128. The van der Waals surface area contributed by atoms with Crippen molar-refractivity contribution in [2.24, 2.45) is 5.41 Å². The van der Waals surface area contributed by atoms with E-state index < -0.39 is 36.3 Å². The zero-order valence-electron chi connectivity index (χ0n) is 24.1. The van der Waals surface area contributed by atoms with E-state index in [1.807, 2.05) is 0 Å². The van der Waals surface area contributed by atoms with Gasteiger partial charge in [-0.15, -0.1) is 0 Å². The van der Waals surface area contributed by atoms with Crippen molar-refractivity contribution in [1.82, 2.24) is 25.6 Å². The maximum Gasteiger partial charge on any atom is 0.255 e. The third-order valence-electron chi connectivity index (χ3n) is 7.06. The van der Waals surface area contributed by atoms with Crippen LogP contribution in [0.5, 0.6) is 0 Å². The number of alkyl halides is 4. The second-order valence-corrected chi connectivity index (χ2v) is 12.4. The lowest BCUT2D eigenvalue weighted by atomic mass is 9.92. The van der Waals surface area contributed by atoms with Gasteiger partial charge in [-0.2, -0.15) is 0 Å². The molecule has 1 aliphatic carbocycles. The third-order valence-corrected chi connectivity index (χ3v) is 7.80. The number of amides is 2. The molecular weight excluding hydrogens is 613 g/mol. The van der Waals surface area contributed by atoms with E-state index in [1.54, 1.807) is 32.9 Å². The Morgan fingerprint density at radius 3 is 2.47 bits per heavy atom. The molecule has 2 amide bonds. The van der Waals surface area contributed by atoms with Gasteiger partial charge < -0.3 is 25.8 Å². The Hall–Kier alpha value is -3.32. The van der Waals surface area contributed by atoms with Crippen molar-refractivity contribution >= 4 is 63.6 Å². The second kappa shape index (κ2) is 12.7. The predicted molar refractivity (Wildman–Crippen MR) is 159 cm³/mol. The molecule has 4 N–H and O–H groups in total. The van der Waals surface area contributed by atoms with Crippen molar-refractivity contribution in [3.05, 3.63) is 39.4 Å². The number of anilines is 3. The average Bonchev–Trinajstić information content (AvgIpc) is 3.31. The van der Waals surface area contributed by atoms with E-state index in [0.29, 0.717) is 11.3 Å². The van der Waals surface area contributed by atoms with Crippen molar-refractivity contribution in [2.45, 2.75) is 71.4 Å². The van der Waals surface area contributed by atoms with Crippen LogP contribution in [0.15, 0.2) is 18.2 Å². The Morgan fingerprint density at radius 2 is 1.84 bits per heavy atom. The standard InChI is InChI=1S/C28H33Cl2F4N7O2/c1-27(2,3)25(43)35-12-14-5-6-17(29)21(20(14)30)38-26-37-18-11-16(23(39-22(18)40-26)41(4)13-19(31)32)24(42)36-15-7-9-28(33,34)10-8-15/h5-6,11,15,19H,7-10,12-13H2,1-4H3,(H,35,43)(H,36,42)(H2,37,38,39,40). The van der Waals surface area contributed by atoms with Crippen LogP contribution in [0.25, 0.3) is 11.2 Å². The number of nitrogens with zero attached hydrogens (tertiary/aromatic N) is 3. The Kier molecular flexibility index (Phi) is 9.65. The highest BCUT2D eigenvalue weighted by Gasteiger charge is 2.36. The summed E-state index contributed by atoms with van der Waals surface area (Å²) in [4.78, 5) is 38.5. The van der Waals surface area contributed by atoms with E-state index >= 15 is 0 Å². The SMILES string of the molecule is CN(CC(F)F)c1nc2[nH]c(Nc3c(Cl)ccc(CNC(=O)C(C)(C)C)c3Cl)nc2cc1C(=O)NC1CCC(F)(F)CC1. The van der Waals surface area contributed by atoms with Crippen LogP contribution in [-0.4, -0.2) is 58.7 Å². The molecule has 1 aliphatic rings. The highest BCUT2D eigenvalue weighted by atomic mass is 35.5. The summed E-state index contributed by atoms with van der Waals surface area (Å²) >= 11 is 13.0. The number of fused-ring (bicyclic) bond motifs is 1. The second-order valence-electron chi connectivity index (χ2n) is 11.6. The Morgan fingerprint density at radius 1 is 1.16 bits per heavy atom. The minimum absolute atomic E-state index is 0.0290. The molecule has 0 unspecified atom stereocenters. The number of carbonyl (C=O) groups is 2. The first-order valence-electron chi connectivity index (χ1n) is 13.6. The van der Waals surface area contributed by atoms with E-state index in [0.717, 1.165) is 4.90 Å². The lowest BCUT2D eigenvalue weighted by Crippen LogP contribution is -2.41. The molecule has 3 aromatic rings. The lowest BCUT2D eigenvalue weighted by Gasteiger charge is -2.29. The summed E-state index contributed by atoms with van der Waals surface area (Å²) in [6, 6.07) is 4.20. The fourth-order valence-corrected chi connectivity index (χ4v) is 5.13. The van der Waals surface area contributed by atoms with Gasteiger partial charge in [0.25, 0.3) is 12.3 Å². The van der Waals surface area contributed by atoms with Crippen LogP contribution >= 0.6 is 23.2 Å². The Balaban J connectivity index is 1.62. The first-order valence-corrected chi connectivity index (χ1v) is 14.4. The number of hydrogen-bond acceptors (Lipinski definition) is 6. The van der Waals surface area contributed by atoms with E-state index in [2.05, 4.69) is 30.9 Å². The predicted octanol–water partition coefficient (Wildman–Crippen LogP) is 6.68. The number of carbonyl (C=O) groups excluding carboxylic acids is 2. The molecule has 1 aromatic carbocycles. The number of aromatic nitrogens is 3. The van der Waals surface area contributed by atoms with Crippen LogP contribution in [-0.2, 0) is 11.3 Å². The van der Waals surface area contributed by atoms with Crippen LogP contribution < -0.4 is 20.9 Å². The largest absolute Gasteiger partial charge is 0.353 e. The number of aromatic amines is 1. The molecule has 43 heavy (non-hydrogen) atoms. The minimum Gasteiger partial charge on any atom is -0.353 e. The first kappa shape index (κ1) is 32.6. The number of rotatable bonds is 9. The summed E-state index contributed by atoms with van der Waals surface area (Å²) in [5.74, 6) is -3.44. The molecule has 0 radical (unpaired) electrons. The smallest absolute Gasteiger partial charge is 0.255 e. The number of nitrogens with one attached hydrogen (secondary N) is 4. The normalized spacial score (nSPS) is 15.5. The molecule has 0 atom stereocenters. The maximum atomic E-state index is 13.6. The Bertz CT molecular complexity index is 1500. The summed E-state index contributed by atoms with van der Waals surface area (Å²) < 4.78 is 53.7. The van der Waals surface area contributed by atoms with Crippen molar-refractivity contribution in [3.8, 4) is 0 Å². The van der Waals surface area contributed by atoms with Gasteiger partial charge in [-0.25, -0.2) is 27.5 Å². The fraction of sp³-hybridized carbons (Fsp3) is 0.500. The number of H-pyrrole nitrogens is 1. The highest BCUT2D eigenvalue weighted by molar-refractivity contribution is 6.39. The number of pyridine rings is 1. The van der Waals surface area contributed by atoms with Gasteiger partial charge in [-0.1, -0.05) is 50.0 Å².